The molecule has 0 spiro atoms. The lowest BCUT2D eigenvalue weighted by Gasteiger charge is -2.06. The first-order valence-electron chi connectivity index (χ1n) is 5.15. The van der Waals surface area contributed by atoms with Crippen LogP contribution in [0.3, 0.4) is 0 Å². The average Bonchev–Trinajstić information content (AvgIpc) is 2.34. The highest BCUT2D eigenvalue weighted by molar-refractivity contribution is 5.33. The second-order valence-corrected chi connectivity index (χ2v) is 3.60. The Labute approximate surface area is 98.5 Å². The number of rotatable bonds is 3. The monoisotopic (exact) mass is 231 g/mol. The molecular weight excluding hydrogens is 218 g/mol. The number of hydrogen-bond acceptors (Lipinski definition) is 4. The summed E-state index contributed by atoms with van der Waals surface area (Å²) < 4.78 is 6.53. The molecule has 2 N–H and O–H groups in total. The number of pyridine rings is 2. The van der Waals surface area contributed by atoms with Gasteiger partial charge in [-0.1, -0.05) is 6.07 Å². The normalized spacial score (nSPS) is 10.2. The fourth-order valence-electron chi connectivity index (χ4n) is 1.51. The third-order valence-electron chi connectivity index (χ3n) is 2.33. The van der Waals surface area contributed by atoms with E-state index in [1.807, 2.05) is 12.1 Å². The Morgan fingerprint density at radius 2 is 2.18 bits per heavy atom. The quantitative estimate of drug-likeness (QED) is 0.851. The largest absolute Gasteiger partial charge is 0.481 e. The average molecular weight is 231 g/mol. The summed E-state index contributed by atoms with van der Waals surface area (Å²) in [6.45, 7) is 0.376. The Bertz CT molecular complexity index is 578. The van der Waals surface area contributed by atoms with Gasteiger partial charge in [0.1, 0.15) is 0 Å². The molecule has 0 unspecified atom stereocenters. The van der Waals surface area contributed by atoms with Crippen molar-refractivity contribution >= 4 is 5.69 Å². The van der Waals surface area contributed by atoms with Gasteiger partial charge in [0.25, 0.3) is 5.56 Å². The molecule has 0 amide bonds. The van der Waals surface area contributed by atoms with E-state index in [9.17, 15) is 4.79 Å². The molecule has 0 bridgehead atoms. The summed E-state index contributed by atoms with van der Waals surface area (Å²) in [6, 6.07) is 8.44. The fraction of sp³-hybridized carbons (Fsp3) is 0.167. The molecule has 0 saturated heterocycles. The van der Waals surface area contributed by atoms with Gasteiger partial charge in [-0.3, -0.25) is 4.79 Å². The molecule has 5 nitrogen and oxygen atoms in total. The molecule has 0 aromatic carbocycles. The Hall–Kier alpha value is -2.30. The number of anilines is 1. The van der Waals surface area contributed by atoms with Crippen LogP contribution in [0.4, 0.5) is 5.69 Å². The van der Waals surface area contributed by atoms with Crippen LogP contribution in [0.5, 0.6) is 5.88 Å². The summed E-state index contributed by atoms with van der Waals surface area (Å²) >= 11 is 0. The van der Waals surface area contributed by atoms with Crippen molar-refractivity contribution in [3.05, 3.63) is 52.6 Å². The van der Waals surface area contributed by atoms with E-state index in [1.54, 1.807) is 25.4 Å². The molecule has 0 aliphatic heterocycles. The van der Waals surface area contributed by atoms with Crippen LogP contribution in [0.1, 0.15) is 5.69 Å². The summed E-state index contributed by atoms with van der Waals surface area (Å²) in [6.07, 6.45) is 1.60. The lowest BCUT2D eigenvalue weighted by molar-refractivity contribution is 0.396. The highest BCUT2D eigenvalue weighted by Gasteiger charge is 2.01. The maximum absolute atomic E-state index is 11.6. The molecular formula is C12H13N3O2. The molecule has 88 valence electrons. The topological polar surface area (TPSA) is 70.1 Å². The number of nitrogens with zero attached hydrogens (tertiary/aromatic N) is 2. The third-order valence-corrected chi connectivity index (χ3v) is 2.33. The van der Waals surface area contributed by atoms with Gasteiger partial charge >= 0.3 is 0 Å². The second kappa shape index (κ2) is 4.69. The van der Waals surface area contributed by atoms with Gasteiger partial charge in [0.15, 0.2) is 0 Å². The van der Waals surface area contributed by atoms with E-state index >= 15 is 0 Å². The molecule has 2 aromatic rings. The molecule has 5 heteroatoms. The van der Waals surface area contributed by atoms with E-state index in [0.717, 1.165) is 5.69 Å². The number of methoxy groups -OCH3 is 1. The first-order chi connectivity index (χ1) is 8.19. The lowest BCUT2D eigenvalue weighted by atomic mass is 10.3. The molecule has 2 aromatic heterocycles. The van der Waals surface area contributed by atoms with Crippen LogP contribution < -0.4 is 16.0 Å². The van der Waals surface area contributed by atoms with Crippen LogP contribution in [0.2, 0.25) is 0 Å². The standard InChI is InChI=1S/C12H13N3O2/c1-17-11-4-2-3-10(14-11)8-15-7-9(13)5-6-12(15)16/h2-7H,8,13H2,1H3. The Morgan fingerprint density at radius 3 is 2.94 bits per heavy atom. The number of nitrogen functional groups attached to an aromatic ring is 1. The highest BCUT2D eigenvalue weighted by atomic mass is 16.5. The SMILES string of the molecule is COc1cccc(Cn2cc(N)ccc2=O)n1. The maximum Gasteiger partial charge on any atom is 0.251 e. The van der Waals surface area contributed by atoms with E-state index in [1.165, 1.54) is 10.6 Å². The van der Waals surface area contributed by atoms with Gasteiger partial charge < -0.3 is 15.0 Å². The molecule has 0 aliphatic carbocycles. The van der Waals surface area contributed by atoms with Gasteiger partial charge in [-0.05, 0) is 12.1 Å². The van der Waals surface area contributed by atoms with E-state index in [2.05, 4.69) is 4.98 Å². The van der Waals surface area contributed by atoms with E-state index < -0.39 is 0 Å². The predicted molar refractivity (Wildman–Crippen MR) is 65.0 cm³/mol. The minimum Gasteiger partial charge on any atom is -0.481 e. The molecule has 0 fully saturated rings. The first kappa shape index (κ1) is 11.2. The number of aromatic nitrogens is 2. The van der Waals surface area contributed by atoms with Gasteiger partial charge in [0.05, 0.1) is 19.3 Å². The Kier molecular flexibility index (Phi) is 3.09. The van der Waals surface area contributed by atoms with Crippen LogP contribution in [0.25, 0.3) is 0 Å². The van der Waals surface area contributed by atoms with Crippen molar-refractivity contribution in [2.45, 2.75) is 6.54 Å². The van der Waals surface area contributed by atoms with Crippen molar-refractivity contribution in [2.24, 2.45) is 0 Å². The summed E-state index contributed by atoms with van der Waals surface area (Å²) in [5.74, 6) is 0.527. The van der Waals surface area contributed by atoms with Crippen LogP contribution >= 0.6 is 0 Å². The van der Waals surface area contributed by atoms with E-state index in [4.69, 9.17) is 10.5 Å². The van der Waals surface area contributed by atoms with E-state index in [-0.39, 0.29) is 5.56 Å². The van der Waals surface area contributed by atoms with Gasteiger partial charge in [-0.2, -0.15) is 0 Å². The molecule has 2 heterocycles. The van der Waals surface area contributed by atoms with Crippen LogP contribution in [-0.4, -0.2) is 16.7 Å². The minimum atomic E-state index is -0.108. The van der Waals surface area contributed by atoms with E-state index in [0.29, 0.717) is 18.1 Å². The van der Waals surface area contributed by atoms with Crippen molar-refractivity contribution in [2.75, 3.05) is 12.8 Å². The molecule has 0 saturated carbocycles. The van der Waals surface area contributed by atoms with Gasteiger partial charge in [-0.25, -0.2) is 4.98 Å². The van der Waals surface area contributed by atoms with Crippen molar-refractivity contribution < 1.29 is 4.74 Å². The predicted octanol–water partition coefficient (Wildman–Crippen LogP) is 0.882. The zero-order chi connectivity index (χ0) is 12.3. The van der Waals surface area contributed by atoms with Crippen LogP contribution in [0.15, 0.2) is 41.3 Å². The van der Waals surface area contributed by atoms with Crippen molar-refractivity contribution in [1.82, 2.24) is 9.55 Å². The van der Waals surface area contributed by atoms with Gasteiger partial charge in [0.2, 0.25) is 5.88 Å². The van der Waals surface area contributed by atoms with Crippen LogP contribution in [0, 0.1) is 0 Å². The Balaban J connectivity index is 2.31. The van der Waals surface area contributed by atoms with Crippen molar-refractivity contribution in [3.63, 3.8) is 0 Å². The molecule has 0 atom stereocenters. The lowest BCUT2D eigenvalue weighted by Crippen LogP contribution is -2.20. The minimum absolute atomic E-state index is 0.108. The number of ether oxygens (including phenoxy) is 1. The molecule has 0 radical (unpaired) electrons. The number of nitrogens with two attached hydrogens (primary N) is 1. The summed E-state index contributed by atoms with van der Waals surface area (Å²) in [5, 5.41) is 0. The highest BCUT2D eigenvalue weighted by Crippen LogP contribution is 2.07. The van der Waals surface area contributed by atoms with Crippen molar-refractivity contribution in [3.8, 4) is 5.88 Å². The Morgan fingerprint density at radius 1 is 1.35 bits per heavy atom. The number of hydrogen-bond donors (Lipinski definition) is 1. The fourth-order valence-corrected chi connectivity index (χ4v) is 1.51. The van der Waals surface area contributed by atoms with Gasteiger partial charge in [-0.15, -0.1) is 0 Å². The zero-order valence-electron chi connectivity index (χ0n) is 9.46. The maximum atomic E-state index is 11.6. The van der Waals surface area contributed by atoms with Crippen LogP contribution in [-0.2, 0) is 6.54 Å². The summed E-state index contributed by atoms with van der Waals surface area (Å²) in [4.78, 5) is 15.8. The van der Waals surface area contributed by atoms with Gasteiger partial charge in [0, 0.05) is 24.0 Å². The molecule has 17 heavy (non-hydrogen) atoms. The summed E-state index contributed by atoms with van der Waals surface area (Å²) in [7, 11) is 1.55. The zero-order valence-corrected chi connectivity index (χ0v) is 9.46. The molecule has 0 aliphatic rings. The summed E-state index contributed by atoms with van der Waals surface area (Å²) in [5.41, 5.74) is 6.82. The van der Waals surface area contributed by atoms with Crippen molar-refractivity contribution in [1.29, 1.82) is 0 Å². The second-order valence-electron chi connectivity index (χ2n) is 3.60. The smallest absolute Gasteiger partial charge is 0.251 e. The third kappa shape index (κ3) is 2.63. The first-order valence-corrected chi connectivity index (χ1v) is 5.15. The molecule has 2 rings (SSSR count).